The van der Waals surface area contributed by atoms with Gasteiger partial charge in [-0.1, -0.05) is 6.92 Å². The van der Waals surface area contributed by atoms with Crippen LogP contribution in [0.25, 0.3) is 0 Å². The number of hydrogen-bond acceptors (Lipinski definition) is 3. The summed E-state index contributed by atoms with van der Waals surface area (Å²) >= 11 is 0. The van der Waals surface area contributed by atoms with Crippen LogP contribution in [0.5, 0.6) is 0 Å². The van der Waals surface area contributed by atoms with E-state index in [1.165, 1.54) is 38.9 Å². The molecule has 2 N–H and O–H groups in total. The van der Waals surface area contributed by atoms with E-state index in [9.17, 15) is 4.79 Å². The number of urea groups is 1. The summed E-state index contributed by atoms with van der Waals surface area (Å²) in [6.45, 7) is 8.13. The monoisotopic (exact) mass is 285 g/mol. The number of carbonyl (C=O) groups is 1. The Kier molecular flexibility index (Phi) is 9.41. The van der Waals surface area contributed by atoms with Crippen molar-refractivity contribution in [3.63, 3.8) is 0 Å². The summed E-state index contributed by atoms with van der Waals surface area (Å²) in [5.74, 6) is 0.898. The molecular weight excluding hydrogens is 254 g/mol. The van der Waals surface area contributed by atoms with Gasteiger partial charge in [-0.05, 0) is 57.7 Å². The number of rotatable bonds is 9. The van der Waals surface area contributed by atoms with Gasteiger partial charge in [0.15, 0.2) is 0 Å². The van der Waals surface area contributed by atoms with Crippen molar-refractivity contribution in [1.29, 1.82) is 0 Å². The van der Waals surface area contributed by atoms with Gasteiger partial charge in [0, 0.05) is 26.8 Å². The van der Waals surface area contributed by atoms with Gasteiger partial charge in [0.05, 0.1) is 0 Å². The number of unbranched alkanes of at least 4 members (excludes halogenated alkanes) is 1. The highest BCUT2D eigenvalue weighted by atomic mass is 16.5. The maximum absolute atomic E-state index is 11.4. The molecule has 0 unspecified atom stereocenters. The van der Waals surface area contributed by atoms with Crippen LogP contribution in [0.3, 0.4) is 0 Å². The zero-order chi connectivity index (χ0) is 14.6. The van der Waals surface area contributed by atoms with Gasteiger partial charge in [-0.2, -0.15) is 0 Å². The van der Waals surface area contributed by atoms with Gasteiger partial charge in [0.25, 0.3) is 0 Å². The summed E-state index contributed by atoms with van der Waals surface area (Å²) in [7, 11) is 1.67. The van der Waals surface area contributed by atoms with Crippen molar-refractivity contribution in [2.45, 2.75) is 39.0 Å². The molecule has 0 aromatic rings. The minimum Gasteiger partial charge on any atom is -0.385 e. The van der Waals surface area contributed by atoms with Crippen LogP contribution in [-0.4, -0.2) is 57.4 Å². The number of nitrogens with one attached hydrogen (secondary N) is 2. The highest BCUT2D eigenvalue weighted by Gasteiger charge is 2.14. The Balaban J connectivity index is 1.87. The molecule has 0 atom stereocenters. The highest BCUT2D eigenvalue weighted by molar-refractivity contribution is 5.73. The molecule has 20 heavy (non-hydrogen) atoms. The maximum atomic E-state index is 11.4. The molecule has 1 rings (SSSR count). The molecular formula is C15H31N3O2. The molecule has 0 spiro atoms. The van der Waals surface area contributed by atoms with E-state index in [1.54, 1.807) is 7.11 Å². The number of carbonyl (C=O) groups excluding carboxylic acids is 1. The van der Waals surface area contributed by atoms with Crippen LogP contribution in [0.15, 0.2) is 0 Å². The molecule has 2 amide bonds. The summed E-state index contributed by atoms with van der Waals surface area (Å²) in [5, 5.41) is 5.72. The number of methoxy groups -OCH3 is 1. The third kappa shape index (κ3) is 8.38. The first-order valence-corrected chi connectivity index (χ1v) is 7.95. The van der Waals surface area contributed by atoms with Gasteiger partial charge in [0.2, 0.25) is 0 Å². The predicted octanol–water partition coefficient (Wildman–Crippen LogP) is 1.83. The smallest absolute Gasteiger partial charge is 0.314 e. The molecule has 1 saturated heterocycles. The van der Waals surface area contributed by atoms with Gasteiger partial charge in [-0.25, -0.2) is 4.79 Å². The fourth-order valence-electron chi connectivity index (χ4n) is 2.43. The van der Waals surface area contributed by atoms with Crippen molar-refractivity contribution in [3.8, 4) is 0 Å². The van der Waals surface area contributed by atoms with Gasteiger partial charge in [0.1, 0.15) is 0 Å². The first kappa shape index (κ1) is 17.2. The quantitative estimate of drug-likeness (QED) is 0.636. The predicted molar refractivity (Wildman–Crippen MR) is 82.0 cm³/mol. The second kappa shape index (κ2) is 10.9. The van der Waals surface area contributed by atoms with Crippen molar-refractivity contribution in [3.05, 3.63) is 0 Å². The van der Waals surface area contributed by atoms with Gasteiger partial charge >= 0.3 is 6.03 Å². The Hall–Kier alpha value is -0.810. The van der Waals surface area contributed by atoms with Gasteiger partial charge in [-0.15, -0.1) is 0 Å². The third-order valence-electron chi connectivity index (χ3n) is 3.87. The van der Waals surface area contributed by atoms with E-state index in [4.69, 9.17) is 4.74 Å². The van der Waals surface area contributed by atoms with E-state index in [0.717, 1.165) is 25.3 Å². The molecule has 1 aliphatic rings. The Morgan fingerprint density at radius 3 is 2.45 bits per heavy atom. The maximum Gasteiger partial charge on any atom is 0.314 e. The minimum atomic E-state index is -0.0621. The van der Waals surface area contributed by atoms with Crippen molar-refractivity contribution < 1.29 is 9.53 Å². The Morgan fingerprint density at radius 1 is 1.15 bits per heavy atom. The Labute approximate surface area is 123 Å². The van der Waals surface area contributed by atoms with Gasteiger partial charge in [-0.3, -0.25) is 0 Å². The van der Waals surface area contributed by atoms with E-state index in [2.05, 4.69) is 22.5 Å². The van der Waals surface area contributed by atoms with E-state index in [-0.39, 0.29) is 6.03 Å². The molecule has 1 heterocycles. The minimum absolute atomic E-state index is 0.0621. The van der Waals surface area contributed by atoms with E-state index in [0.29, 0.717) is 13.2 Å². The van der Waals surface area contributed by atoms with Crippen molar-refractivity contribution in [1.82, 2.24) is 15.5 Å². The molecule has 0 aromatic heterocycles. The zero-order valence-electron chi connectivity index (χ0n) is 13.1. The summed E-state index contributed by atoms with van der Waals surface area (Å²) in [5.41, 5.74) is 0. The molecule has 1 aliphatic heterocycles. The number of likely N-dealkylation sites (tertiary alicyclic amines) is 1. The SMILES string of the molecule is COCCCNC(=O)NCCCCN1CCC(C)CC1. The molecule has 0 aromatic carbocycles. The summed E-state index contributed by atoms with van der Waals surface area (Å²) in [6, 6.07) is -0.0621. The lowest BCUT2D eigenvalue weighted by atomic mass is 9.99. The van der Waals surface area contributed by atoms with Crippen molar-refractivity contribution in [2.75, 3.05) is 46.4 Å². The molecule has 118 valence electrons. The molecule has 0 bridgehead atoms. The number of nitrogens with zero attached hydrogens (tertiary/aromatic N) is 1. The van der Waals surface area contributed by atoms with Gasteiger partial charge < -0.3 is 20.3 Å². The number of amides is 2. The van der Waals surface area contributed by atoms with E-state index < -0.39 is 0 Å². The van der Waals surface area contributed by atoms with Crippen LogP contribution < -0.4 is 10.6 Å². The summed E-state index contributed by atoms with van der Waals surface area (Å²) in [4.78, 5) is 14.0. The fourth-order valence-corrected chi connectivity index (χ4v) is 2.43. The lowest BCUT2D eigenvalue weighted by Crippen LogP contribution is -2.37. The van der Waals surface area contributed by atoms with Crippen molar-refractivity contribution in [2.24, 2.45) is 5.92 Å². The summed E-state index contributed by atoms with van der Waals surface area (Å²) in [6.07, 6.45) is 5.75. The van der Waals surface area contributed by atoms with Crippen LogP contribution in [-0.2, 0) is 4.74 Å². The first-order chi connectivity index (χ1) is 9.72. The zero-order valence-corrected chi connectivity index (χ0v) is 13.1. The second-order valence-electron chi connectivity index (χ2n) is 5.76. The first-order valence-electron chi connectivity index (χ1n) is 7.95. The third-order valence-corrected chi connectivity index (χ3v) is 3.87. The average molecular weight is 285 g/mol. The van der Waals surface area contributed by atoms with Crippen molar-refractivity contribution >= 4 is 6.03 Å². The van der Waals surface area contributed by atoms with Crippen LogP contribution in [0.1, 0.15) is 39.0 Å². The standard InChI is InChI=1S/C15H31N3O2/c1-14-6-11-18(12-7-14)10-4-3-8-16-15(19)17-9-5-13-20-2/h14H,3-13H2,1-2H3,(H2,16,17,19). The average Bonchev–Trinajstić information content (AvgIpc) is 2.45. The lowest BCUT2D eigenvalue weighted by molar-refractivity contribution is 0.189. The molecule has 5 heteroatoms. The number of piperidine rings is 1. The highest BCUT2D eigenvalue weighted by Crippen LogP contribution is 2.15. The van der Waals surface area contributed by atoms with Crippen LogP contribution in [0.2, 0.25) is 0 Å². The summed E-state index contributed by atoms with van der Waals surface area (Å²) < 4.78 is 4.92. The number of ether oxygens (including phenoxy) is 1. The Bertz CT molecular complexity index is 254. The molecule has 0 saturated carbocycles. The van der Waals surface area contributed by atoms with Crippen LogP contribution in [0, 0.1) is 5.92 Å². The Morgan fingerprint density at radius 2 is 1.80 bits per heavy atom. The van der Waals surface area contributed by atoms with E-state index in [1.807, 2.05) is 0 Å². The van der Waals surface area contributed by atoms with Crippen LogP contribution >= 0.6 is 0 Å². The second-order valence-corrected chi connectivity index (χ2v) is 5.76. The molecule has 0 aliphatic carbocycles. The van der Waals surface area contributed by atoms with E-state index >= 15 is 0 Å². The molecule has 0 radical (unpaired) electrons. The number of hydrogen-bond donors (Lipinski definition) is 2. The molecule has 1 fully saturated rings. The topological polar surface area (TPSA) is 53.6 Å². The normalized spacial score (nSPS) is 17.1. The fraction of sp³-hybridized carbons (Fsp3) is 0.933. The molecule has 5 nitrogen and oxygen atoms in total. The van der Waals surface area contributed by atoms with Crippen LogP contribution in [0.4, 0.5) is 4.79 Å². The lowest BCUT2D eigenvalue weighted by Gasteiger charge is -2.30. The largest absolute Gasteiger partial charge is 0.385 e.